The molecule has 2 aromatic rings. The van der Waals surface area contributed by atoms with E-state index in [0.717, 1.165) is 36.3 Å². The summed E-state index contributed by atoms with van der Waals surface area (Å²) in [5.74, 6) is 0.608. The molecule has 2 aromatic carbocycles. The van der Waals surface area contributed by atoms with Crippen LogP contribution in [0.5, 0.6) is 0 Å². The number of hydrogen-bond acceptors (Lipinski definition) is 3. The van der Waals surface area contributed by atoms with Crippen LogP contribution in [0.1, 0.15) is 50.2 Å². The average molecular weight is 423 g/mol. The summed E-state index contributed by atoms with van der Waals surface area (Å²) in [5, 5.41) is 3.11. The molecule has 2 fully saturated rings. The van der Waals surface area contributed by atoms with Crippen LogP contribution >= 0.6 is 0 Å². The van der Waals surface area contributed by atoms with Gasteiger partial charge in [-0.15, -0.1) is 0 Å². The van der Waals surface area contributed by atoms with Gasteiger partial charge in [0, 0.05) is 24.9 Å². The van der Waals surface area contributed by atoms with Gasteiger partial charge in [-0.3, -0.25) is 0 Å². The van der Waals surface area contributed by atoms with Crippen LogP contribution < -0.4 is 5.32 Å². The Morgan fingerprint density at radius 1 is 1.10 bits per heavy atom. The highest BCUT2D eigenvalue weighted by Gasteiger charge is 2.34. The first kappa shape index (κ1) is 21.8. The van der Waals surface area contributed by atoms with Crippen molar-refractivity contribution in [3.8, 4) is 0 Å². The number of amides is 2. The first-order valence-corrected chi connectivity index (χ1v) is 11.6. The van der Waals surface area contributed by atoms with E-state index < -0.39 is 0 Å². The van der Waals surface area contributed by atoms with Crippen molar-refractivity contribution >= 4 is 11.7 Å². The van der Waals surface area contributed by atoms with Gasteiger partial charge in [0.15, 0.2) is 0 Å². The van der Waals surface area contributed by atoms with E-state index in [1.54, 1.807) is 0 Å². The van der Waals surface area contributed by atoms with Crippen LogP contribution in [0.15, 0.2) is 54.6 Å². The lowest BCUT2D eigenvalue weighted by atomic mass is 10.1. The fourth-order valence-electron chi connectivity index (χ4n) is 4.20. The van der Waals surface area contributed by atoms with Crippen LogP contribution in [-0.4, -0.2) is 36.3 Å². The van der Waals surface area contributed by atoms with E-state index in [-0.39, 0.29) is 18.2 Å². The van der Waals surface area contributed by atoms with Gasteiger partial charge >= 0.3 is 6.03 Å². The highest BCUT2D eigenvalue weighted by molar-refractivity contribution is 5.89. The van der Waals surface area contributed by atoms with Crippen molar-refractivity contribution in [3.05, 3.63) is 65.7 Å². The third-order valence-corrected chi connectivity index (χ3v) is 6.28. The quantitative estimate of drug-likeness (QED) is 0.572. The molecule has 5 heteroatoms. The van der Waals surface area contributed by atoms with Crippen molar-refractivity contribution in [1.82, 2.24) is 4.90 Å². The van der Waals surface area contributed by atoms with E-state index in [9.17, 15) is 4.79 Å². The molecule has 1 saturated carbocycles. The third-order valence-electron chi connectivity index (χ3n) is 6.28. The molecule has 5 nitrogen and oxygen atoms in total. The molecule has 0 bridgehead atoms. The molecule has 2 atom stereocenters. The predicted octanol–water partition coefficient (Wildman–Crippen LogP) is 5.60. The van der Waals surface area contributed by atoms with E-state index in [4.69, 9.17) is 9.47 Å². The van der Waals surface area contributed by atoms with E-state index in [2.05, 4.69) is 24.4 Å². The molecule has 1 saturated heterocycles. The SMILES string of the molecule is CC(C1CC1)N(Cc1ccccc1)C(=O)Nc1cccc(COCC2CCCCO2)c1. The molecule has 1 aliphatic heterocycles. The van der Waals surface area contributed by atoms with Crippen molar-refractivity contribution < 1.29 is 14.3 Å². The van der Waals surface area contributed by atoms with Crippen LogP contribution in [0.25, 0.3) is 0 Å². The van der Waals surface area contributed by atoms with Crippen LogP contribution in [0.3, 0.4) is 0 Å². The molecule has 1 N–H and O–H groups in total. The monoisotopic (exact) mass is 422 g/mol. The summed E-state index contributed by atoms with van der Waals surface area (Å²) in [6, 6.07) is 18.3. The number of nitrogens with one attached hydrogen (secondary N) is 1. The fraction of sp³-hybridized carbons (Fsp3) is 0.500. The predicted molar refractivity (Wildman–Crippen MR) is 123 cm³/mol. The highest BCUT2D eigenvalue weighted by atomic mass is 16.5. The second kappa shape index (κ2) is 10.8. The molecule has 0 radical (unpaired) electrons. The van der Waals surface area contributed by atoms with Crippen molar-refractivity contribution in [2.75, 3.05) is 18.5 Å². The van der Waals surface area contributed by atoms with Crippen LogP contribution in [0.2, 0.25) is 0 Å². The number of carbonyl (C=O) groups excluding carboxylic acids is 1. The van der Waals surface area contributed by atoms with Gasteiger partial charge in [0.05, 0.1) is 19.3 Å². The number of rotatable bonds is 9. The zero-order valence-electron chi connectivity index (χ0n) is 18.5. The first-order valence-electron chi connectivity index (χ1n) is 11.6. The largest absolute Gasteiger partial charge is 0.376 e. The minimum Gasteiger partial charge on any atom is -0.376 e. The van der Waals surface area contributed by atoms with Gasteiger partial charge in [-0.25, -0.2) is 4.79 Å². The summed E-state index contributed by atoms with van der Waals surface area (Å²) < 4.78 is 11.6. The highest BCUT2D eigenvalue weighted by Crippen LogP contribution is 2.36. The minimum absolute atomic E-state index is 0.0445. The lowest BCUT2D eigenvalue weighted by Gasteiger charge is -2.30. The van der Waals surface area contributed by atoms with Crippen molar-refractivity contribution in [3.63, 3.8) is 0 Å². The maximum absolute atomic E-state index is 13.2. The lowest BCUT2D eigenvalue weighted by Crippen LogP contribution is -2.42. The number of urea groups is 1. The maximum atomic E-state index is 13.2. The number of ether oxygens (including phenoxy) is 2. The molecule has 2 aliphatic rings. The number of hydrogen-bond donors (Lipinski definition) is 1. The Balaban J connectivity index is 1.34. The number of benzene rings is 2. The molecule has 0 spiro atoms. The van der Waals surface area contributed by atoms with Gasteiger partial charge in [0.1, 0.15) is 0 Å². The van der Waals surface area contributed by atoms with Gasteiger partial charge in [-0.05, 0) is 68.2 Å². The Morgan fingerprint density at radius 2 is 1.90 bits per heavy atom. The lowest BCUT2D eigenvalue weighted by molar-refractivity contribution is -0.0447. The first-order chi connectivity index (χ1) is 15.2. The summed E-state index contributed by atoms with van der Waals surface area (Å²) in [6.07, 6.45) is 6.07. The van der Waals surface area contributed by atoms with Gasteiger partial charge in [-0.1, -0.05) is 42.5 Å². The molecular weight excluding hydrogens is 388 g/mol. The zero-order chi connectivity index (χ0) is 21.5. The molecule has 1 heterocycles. The van der Waals surface area contributed by atoms with Gasteiger partial charge < -0.3 is 19.7 Å². The topological polar surface area (TPSA) is 50.8 Å². The van der Waals surface area contributed by atoms with Crippen molar-refractivity contribution in [2.45, 2.75) is 64.3 Å². The smallest absolute Gasteiger partial charge is 0.322 e. The van der Waals surface area contributed by atoms with E-state index in [1.165, 1.54) is 19.3 Å². The van der Waals surface area contributed by atoms with E-state index >= 15 is 0 Å². The molecule has 1 aliphatic carbocycles. The summed E-state index contributed by atoms with van der Waals surface area (Å²) >= 11 is 0. The Bertz CT molecular complexity index is 832. The Hall–Kier alpha value is -2.37. The molecular formula is C26H34N2O3. The van der Waals surface area contributed by atoms with E-state index in [0.29, 0.717) is 25.7 Å². The molecule has 4 rings (SSSR count). The molecule has 2 amide bonds. The molecule has 31 heavy (non-hydrogen) atoms. The molecule has 166 valence electrons. The fourth-order valence-corrected chi connectivity index (χ4v) is 4.20. The van der Waals surface area contributed by atoms with Crippen molar-refractivity contribution in [1.29, 1.82) is 0 Å². The molecule has 0 aromatic heterocycles. The Kier molecular flexibility index (Phi) is 7.60. The van der Waals surface area contributed by atoms with Crippen LogP contribution in [-0.2, 0) is 22.6 Å². The van der Waals surface area contributed by atoms with Crippen LogP contribution in [0.4, 0.5) is 10.5 Å². The van der Waals surface area contributed by atoms with Crippen LogP contribution in [0, 0.1) is 5.92 Å². The molecule has 2 unspecified atom stereocenters. The zero-order valence-corrected chi connectivity index (χ0v) is 18.5. The standard InChI is InChI=1S/C26H34N2O3/c1-20(23-13-14-23)28(17-21-8-3-2-4-9-21)26(29)27-24-11-7-10-22(16-24)18-30-19-25-12-5-6-15-31-25/h2-4,7-11,16,20,23,25H,5-6,12-15,17-19H2,1H3,(H,27,29). The minimum atomic E-state index is -0.0445. The normalized spacial score (nSPS) is 19.6. The summed E-state index contributed by atoms with van der Waals surface area (Å²) in [4.78, 5) is 15.2. The Labute approximate surface area is 185 Å². The second-order valence-corrected chi connectivity index (χ2v) is 8.83. The second-order valence-electron chi connectivity index (χ2n) is 8.83. The number of anilines is 1. The number of nitrogens with zero attached hydrogens (tertiary/aromatic N) is 1. The summed E-state index contributed by atoms with van der Waals surface area (Å²) in [6.45, 7) is 4.77. The van der Waals surface area contributed by atoms with Gasteiger partial charge in [0.25, 0.3) is 0 Å². The van der Waals surface area contributed by atoms with E-state index in [1.807, 2.05) is 47.4 Å². The number of carbonyl (C=O) groups is 1. The summed E-state index contributed by atoms with van der Waals surface area (Å²) in [7, 11) is 0. The third kappa shape index (κ3) is 6.55. The van der Waals surface area contributed by atoms with Gasteiger partial charge in [-0.2, -0.15) is 0 Å². The summed E-state index contributed by atoms with van der Waals surface area (Å²) in [5.41, 5.74) is 3.01. The Morgan fingerprint density at radius 3 is 2.65 bits per heavy atom. The van der Waals surface area contributed by atoms with Gasteiger partial charge in [0.2, 0.25) is 0 Å². The average Bonchev–Trinajstić information content (AvgIpc) is 3.64. The maximum Gasteiger partial charge on any atom is 0.322 e. The van der Waals surface area contributed by atoms with Crippen molar-refractivity contribution in [2.24, 2.45) is 5.92 Å².